The minimum Gasteiger partial charge on any atom is -0.462 e. The zero-order chi connectivity index (χ0) is 41.9. The van der Waals surface area contributed by atoms with Crippen LogP contribution in [0.2, 0.25) is 0 Å². The third kappa shape index (κ3) is 42.1. The monoisotopic (exact) mass is 829 g/mol. The van der Waals surface area contributed by atoms with Crippen LogP contribution in [0, 0.1) is 0 Å². The molecule has 0 saturated heterocycles. The predicted molar refractivity (Wildman–Crippen MR) is 233 cm³/mol. The van der Waals surface area contributed by atoms with Gasteiger partial charge in [0.25, 0.3) is 0 Å². The second-order valence-corrected chi connectivity index (χ2v) is 16.9. The second kappa shape index (κ2) is 42.3. The molecule has 0 rings (SSSR count). The Morgan fingerprint density at radius 3 is 1.46 bits per heavy atom. The molecule has 0 aromatic heterocycles. The van der Waals surface area contributed by atoms with Crippen molar-refractivity contribution in [3.63, 3.8) is 0 Å². The maximum atomic E-state index is 12.6. The van der Waals surface area contributed by atoms with E-state index >= 15 is 0 Å². The fourth-order valence-corrected chi connectivity index (χ4v) is 7.09. The molecule has 0 aliphatic carbocycles. The van der Waals surface area contributed by atoms with Crippen molar-refractivity contribution in [1.82, 2.24) is 0 Å². The van der Waals surface area contributed by atoms with E-state index in [4.69, 9.17) is 23.6 Å². The fourth-order valence-electron chi connectivity index (χ4n) is 6.30. The van der Waals surface area contributed by atoms with E-state index in [1.165, 1.54) is 96.3 Å². The third-order valence-electron chi connectivity index (χ3n) is 9.81. The first-order valence-electron chi connectivity index (χ1n) is 22.9. The average Bonchev–Trinajstić information content (AvgIpc) is 3.20. The number of rotatable bonds is 43. The molecule has 1 unspecified atom stereocenters. The smallest absolute Gasteiger partial charge is 0.462 e. The lowest BCUT2D eigenvalue weighted by molar-refractivity contribution is -0.161. The lowest BCUT2D eigenvalue weighted by Gasteiger charge is -2.20. The SMILES string of the molecule is CC/C=C\C/C=C\C/C=C\CCCCCCCC(=O)O[C@H](COC(=O)CCCCCCCCCCCCCCCCCCCCC)COP(=O)(O)OC[C@@H](O)CO. The Balaban J connectivity index is 4.23. The van der Waals surface area contributed by atoms with Crippen LogP contribution in [0.15, 0.2) is 36.5 Å². The van der Waals surface area contributed by atoms with Gasteiger partial charge >= 0.3 is 19.8 Å². The van der Waals surface area contributed by atoms with Crippen LogP contribution in [0.3, 0.4) is 0 Å². The van der Waals surface area contributed by atoms with Gasteiger partial charge in [0.05, 0.1) is 19.8 Å². The number of allylic oxidation sites excluding steroid dienone is 6. The van der Waals surface area contributed by atoms with E-state index in [0.717, 1.165) is 70.6 Å². The largest absolute Gasteiger partial charge is 0.472 e. The van der Waals surface area contributed by atoms with Gasteiger partial charge in [0.2, 0.25) is 0 Å². The van der Waals surface area contributed by atoms with E-state index in [1.807, 2.05) is 0 Å². The third-order valence-corrected chi connectivity index (χ3v) is 10.8. The summed E-state index contributed by atoms with van der Waals surface area (Å²) < 4.78 is 32.7. The first-order valence-corrected chi connectivity index (χ1v) is 24.4. The van der Waals surface area contributed by atoms with Crippen molar-refractivity contribution in [3.05, 3.63) is 36.5 Å². The zero-order valence-corrected chi connectivity index (χ0v) is 37.2. The molecule has 0 heterocycles. The summed E-state index contributed by atoms with van der Waals surface area (Å²) in [5.74, 6) is -0.937. The van der Waals surface area contributed by atoms with Crippen LogP contribution >= 0.6 is 7.82 Å². The van der Waals surface area contributed by atoms with Gasteiger partial charge < -0.3 is 24.6 Å². The van der Waals surface area contributed by atoms with E-state index in [9.17, 15) is 24.2 Å². The maximum Gasteiger partial charge on any atom is 0.472 e. The van der Waals surface area contributed by atoms with Crippen LogP contribution in [0.5, 0.6) is 0 Å². The lowest BCUT2D eigenvalue weighted by atomic mass is 10.0. The van der Waals surface area contributed by atoms with E-state index in [0.29, 0.717) is 12.8 Å². The van der Waals surface area contributed by atoms with Crippen LogP contribution < -0.4 is 0 Å². The number of aliphatic hydroxyl groups excluding tert-OH is 2. The Morgan fingerprint density at radius 2 is 0.965 bits per heavy atom. The summed E-state index contributed by atoms with van der Waals surface area (Å²) in [7, 11) is -4.62. The van der Waals surface area contributed by atoms with Gasteiger partial charge in [-0.2, -0.15) is 0 Å². The van der Waals surface area contributed by atoms with Crippen LogP contribution in [-0.4, -0.2) is 65.7 Å². The Morgan fingerprint density at radius 1 is 0.544 bits per heavy atom. The van der Waals surface area contributed by atoms with Crippen LogP contribution in [0.1, 0.15) is 206 Å². The van der Waals surface area contributed by atoms with Crippen molar-refractivity contribution >= 4 is 19.8 Å². The molecule has 57 heavy (non-hydrogen) atoms. The molecule has 10 nitrogen and oxygen atoms in total. The number of carbonyl (C=O) groups is 2. The standard InChI is InChI=1S/C46H85O10P/c1-3-5-7-9-11-13-15-17-19-20-21-22-24-25-27-29-31-33-35-37-45(49)53-41-44(42-55-57(51,52)54-40-43(48)39-47)56-46(50)38-36-34-32-30-28-26-23-18-16-14-12-10-8-6-4-2/h6,8,12,14,18,23,43-44,47-48H,3-5,7,9-11,13,15-17,19-22,24-42H2,1-2H3,(H,51,52)/b8-6-,14-12-,23-18-/t43-,44+/m0/s1. The molecule has 0 spiro atoms. The molecule has 0 aliphatic rings. The topological polar surface area (TPSA) is 149 Å². The molecule has 334 valence electrons. The summed E-state index contributed by atoms with van der Waals surface area (Å²) in [6.45, 7) is 2.27. The van der Waals surface area contributed by atoms with E-state index in [-0.39, 0.29) is 19.4 Å². The quantitative estimate of drug-likeness (QED) is 0.0235. The number of carbonyl (C=O) groups excluding carboxylic acids is 2. The Kier molecular flexibility index (Phi) is 41.0. The van der Waals surface area contributed by atoms with Crippen molar-refractivity contribution in [2.24, 2.45) is 0 Å². The van der Waals surface area contributed by atoms with Gasteiger partial charge in [-0.25, -0.2) is 4.57 Å². The number of aliphatic hydroxyl groups is 2. The number of unbranched alkanes of at least 4 members (excludes halogenated alkanes) is 23. The second-order valence-electron chi connectivity index (χ2n) is 15.4. The van der Waals surface area contributed by atoms with Crippen molar-refractivity contribution in [2.75, 3.05) is 26.4 Å². The Labute approximate surface area is 348 Å². The van der Waals surface area contributed by atoms with Gasteiger partial charge in [-0.3, -0.25) is 18.6 Å². The van der Waals surface area contributed by atoms with Gasteiger partial charge in [-0.1, -0.05) is 185 Å². The maximum absolute atomic E-state index is 12.6. The molecule has 0 radical (unpaired) electrons. The summed E-state index contributed by atoms with van der Waals surface area (Å²) in [6, 6.07) is 0. The summed E-state index contributed by atoms with van der Waals surface area (Å²) >= 11 is 0. The van der Waals surface area contributed by atoms with E-state index < -0.39 is 51.8 Å². The Hall–Kier alpha value is -1.81. The predicted octanol–water partition coefficient (Wildman–Crippen LogP) is 12.3. The highest BCUT2D eigenvalue weighted by molar-refractivity contribution is 7.47. The minimum absolute atomic E-state index is 0.166. The number of phosphoric acid groups is 1. The minimum atomic E-state index is -4.62. The zero-order valence-electron chi connectivity index (χ0n) is 36.3. The molecule has 0 fully saturated rings. The van der Waals surface area contributed by atoms with Gasteiger partial charge in [0.15, 0.2) is 6.10 Å². The van der Waals surface area contributed by atoms with Crippen molar-refractivity contribution in [3.8, 4) is 0 Å². The molecular weight excluding hydrogens is 743 g/mol. The average molecular weight is 829 g/mol. The summed E-state index contributed by atoms with van der Waals surface area (Å²) in [5, 5.41) is 18.3. The molecule has 0 amide bonds. The molecule has 11 heteroatoms. The Bertz CT molecular complexity index is 1050. The van der Waals surface area contributed by atoms with Crippen LogP contribution in [0.25, 0.3) is 0 Å². The highest BCUT2D eigenvalue weighted by Crippen LogP contribution is 2.43. The molecule has 3 N–H and O–H groups in total. The lowest BCUT2D eigenvalue weighted by Crippen LogP contribution is -2.29. The number of phosphoric ester groups is 1. The molecule has 0 aromatic rings. The van der Waals surface area contributed by atoms with Crippen LogP contribution in [0.4, 0.5) is 0 Å². The van der Waals surface area contributed by atoms with Crippen molar-refractivity contribution < 1.29 is 47.8 Å². The van der Waals surface area contributed by atoms with Gasteiger partial charge in [-0.15, -0.1) is 0 Å². The van der Waals surface area contributed by atoms with Gasteiger partial charge in [0.1, 0.15) is 12.7 Å². The summed E-state index contributed by atoms with van der Waals surface area (Å²) in [6.07, 6.45) is 44.0. The summed E-state index contributed by atoms with van der Waals surface area (Å²) in [5.41, 5.74) is 0. The number of esters is 2. The normalized spacial score (nSPS) is 14.1. The highest BCUT2D eigenvalue weighted by atomic mass is 31.2. The number of hydrogen-bond donors (Lipinski definition) is 3. The highest BCUT2D eigenvalue weighted by Gasteiger charge is 2.27. The first kappa shape index (κ1) is 55.2. The van der Waals surface area contributed by atoms with E-state index in [2.05, 4.69) is 50.3 Å². The molecular formula is C46H85O10P. The summed E-state index contributed by atoms with van der Waals surface area (Å²) in [4.78, 5) is 35.0. The number of ether oxygens (including phenoxy) is 2. The fraction of sp³-hybridized carbons (Fsp3) is 0.826. The first-order chi connectivity index (χ1) is 27.7. The van der Waals surface area contributed by atoms with Crippen molar-refractivity contribution in [2.45, 2.75) is 219 Å². The molecule has 0 aliphatic heterocycles. The molecule has 3 atom stereocenters. The van der Waals surface area contributed by atoms with Gasteiger partial charge in [-0.05, 0) is 44.9 Å². The van der Waals surface area contributed by atoms with Gasteiger partial charge in [0, 0.05) is 12.8 Å². The van der Waals surface area contributed by atoms with Crippen molar-refractivity contribution in [1.29, 1.82) is 0 Å². The van der Waals surface area contributed by atoms with Crippen LogP contribution in [-0.2, 0) is 32.7 Å². The molecule has 0 saturated carbocycles. The molecule has 0 bridgehead atoms. The van der Waals surface area contributed by atoms with E-state index in [1.54, 1.807) is 0 Å². The molecule has 0 aromatic carbocycles. The number of hydrogen-bond acceptors (Lipinski definition) is 9.